The summed E-state index contributed by atoms with van der Waals surface area (Å²) in [4.78, 5) is 39.5. The Morgan fingerprint density at radius 1 is 1.15 bits per heavy atom. The van der Waals surface area contributed by atoms with Gasteiger partial charge in [0.2, 0.25) is 0 Å². The number of aromatic nitrogens is 2. The maximum Gasteiger partial charge on any atom is 0.328 e. The fourth-order valence-electron chi connectivity index (χ4n) is 3.09. The Morgan fingerprint density at radius 3 is 2.59 bits per heavy atom. The number of hydrogen-bond acceptors (Lipinski definition) is 3. The van der Waals surface area contributed by atoms with Crippen LogP contribution in [0.3, 0.4) is 0 Å². The SMILES string of the molecule is CCn1c(=O)[nH]c2cc(C(=O)NC(C)CCc3ccccc3)ccc2c1=O. The summed E-state index contributed by atoms with van der Waals surface area (Å²) in [5, 5.41) is 3.36. The van der Waals surface area contributed by atoms with E-state index in [0.29, 0.717) is 23.0 Å². The van der Waals surface area contributed by atoms with Gasteiger partial charge in [-0.25, -0.2) is 4.79 Å². The molecule has 0 aliphatic carbocycles. The third-order valence-electron chi connectivity index (χ3n) is 4.65. The molecule has 1 atom stereocenters. The second-order valence-electron chi connectivity index (χ2n) is 6.64. The van der Waals surface area contributed by atoms with Crippen LogP contribution in [-0.4, -0.2) is 21.5 Å². The van der Waals surface area contributed by atoms with Crippen molar-refractivity contribution in [1.29, 1.82) is 0 Å². The molecule has 3 aromatic rings. The molecular weight excluding hydrogens is 342 g/mol. The van der Waals surface area contributed by atoms with Crippen molar-refractivity contribution in [2.45, 2.75) is 39.3 Å². The minimum Gasteiger partial charge on any atom is -0.350 e. The van der Waals surface area contributed by atoms with Crippen molar-refractivity contribution in [2.24, 2.45) is 0 Å². The van der Waals surface area contributed by atoms with Crippen LogP contribution in [0.25, 0.3) is 10.9 Å². The molecule has 0 bridgehead atoms. The van der Waals surface area contributed by atoms with Gasteiger partial charge in [-0.3, -0.25) is 14.2 Å². The van der Waals surface area contributed by atoms with E-state index < -0.39 is 5.69 Å². The molecule has 6 nitrogen and oxygen atoms in total. The van der Waals surface area contributed by atoms with Gasteiger partial charge in [-0.15, -0.1) is 0 Å². The Hall–Kier alpha value is -3.15. The van der Waals surface area contributed by atoms with Gasteiger partial charge in [-0.05, 0) is 50.5 Å². The van der Waals surface area contributed by atoms with Gasteiger partial charge >= 0.3 is 5.69 Å². The van der Waals surface area contributed by atoms with E-state index in [2.05, 4.69) is 22.4 Å². The summed E-state index contributed by atoms with van der Waals surface area (Å²) in [7, 11) is 0. The van der Waals surface area contributed by atoms with Gasteiger partial charge in [-0.1, -0.05) is 30.3 Å². The predicted molar refractivity (Wildman–Crippen MR) is 106 cm³/mol. The Morgan fingerprint density at radius 2 is 1.89 bits per heavy atom. The maximum absolute atomic E-state index is 12.5. The van der Waals surface area contributed by atoms with Crippen molar-refractivity contribution < 1.29 is 4.79 Å². The lowest BCUT2D eigenvalue weighted by molar-refractivity contribution is 0.0938. The highest BCUT2D eigenvalue weighted by atomic mass is 16.2. The first-order valence-corrected chi connectivity index (χ1v) is 9.11. The van der Waals surface area contributed by atoms with E-state index in [1.165, 1.54) is 5.56 Å². The Bertz CT molecular complexity index is 1070. The van der Waals surface area contributed by atoms with Crippen LogP contribution >= 0.6 is 0 Å². The molecule has 3 rings (SSSR count). The Labute approximate surface area is 156 Å². The van der Waals surface area contributed by atoms with Crippen molar-refractivity contribution in [3.8, 4) is 0 Å². The van der Waals surface area contributed by atoms with Gasteiger partial charge < -0.3 is 10.3 Å². The predicted octanol–water partition coefficient (Wildman–Crippen LogP) is 2.46. The molecule has 0 spiro atoms. The molecule has 27 heavy (non-hydrogen) atoms. The zero-order chi connectivity index (χ0) is 19.4. The number of hydrogen-bond donors (Lipinski definition) is 2. The van der Waals surface area contributed by atoms with Gasteiger partial charge in [0.1, 0.15) is 0 Å². The van der Waals surface area contributed by atoms with E-state index in [0.717, 1.165) is 17.4 Å². The molecule has 1 amide bonds. The molecule has 2 N–H and O–H groups in total. The van der Waals surface area contributed by atoms with E-state index >= 15 is 0 Å². The number of rotatable bonds is 6. The molecule has 2 aromatic carbocycles. The number of carbonyl (C=O) groups excluding carboxylic acids is 1. The number of nitrogens with zero attached hydrogens (tertiary/aromatic N) is 1. The van der Waals surface area contributed by atoms with Crippen LogP contribution in [-0.2, 0) is 13.0 Å². The average Bonchev–Trinajstić information content (AvgIpc) is 2.67. The molecule has 1 unspecified atom stereocenters. The van der Waals surface area contributed by atoms with Crippen molar-refractivity contribution >= 4 is 16.8 Å². The summed E-state index contributed by atoms with van der Waals surface area (Å²) in [6.45, 7) is 4.00. The van der Waals surface area contributed by atoms with Crippen LogP contribution in [0.2, 0.25) is 0 Å². The van der Waals surface area contributed by atoms with Gasteiger partial charge in [0.25, 0.3) is 11.5 Å². The molecular formula is C21H23N3O3. The zero-order valence-corrected chi connectivity index (χ0v) is 15.5. The highest BCUT2D eigenvalue weighted by Gasteiger charge is 2.13. The number of aromatic amines is 1. The normalized spacial score (nSPS) is 12.1. The van der Waals surface area contributed by atoms with E-state index in [1.807, 2.05) is 25.1 Å². The fraction of sp³-hybridized carbons (Fsp3) is 0.286. The molecule has 6 heteroatoms. The first kappa shape index (κ1) is 18.6. The van der Waals surface area contributed by atoms with Crippen molar-refractivity contribution in [2.75, 3.05) is 0 Å². The molecule has 0 aliphatic heterocycles. The molecule has 140 valence electrons. The third kappa shape index (κ3) is 4.16. The van der Waals surface area contributed by atoms with Gasteiger partial charge in [0.15, 0.2) is 0 Å². The summed E-state index contributed by atoms with van der Waals surface area (Å²) in [6.07, 6.45) is 1.70. The largest absolute Gasteiger partial charge is 0.350 e. The fourth-order valence-corrected chi connectivity index (χ4v) is 3.09. The van der Waals surface area contributed by atoms with Crippen molar-refractivity contribution in [3.63, 3.8) is 0 Å². The van der Waals surface area contributed by atoms with Crippen LogP contribution in [0.1, 0.15) is 36.2 Å². The molecule has 0 fully saturated rings. The van der Waals surface area contributed by atoms with Crippen LogP contribution < -0.4 is 16.6 Å². The lowest BCUT2D eigenvalue weighted by atomic mass is 10.1. The monoisotopic (exact) mass is 365 g/mol. The number of fused-ring (bicyclic) bond motifs is 1. The summed E-state index contributed by atoms with van der Waals surface area (Å²) in [5.41, 5.74) is 1.20. The minimum absolute atomic E-state index is 0.000504. The summed E-state index contributed by atoms with van der Waals surface area (Å²) in [6, 6.07) is 14.9. The smallest absolute Gasteiger partial charge is 0.328 e. The number of amides is 1. The number of nitrogens with one attached hydrogen (secondary N) is 2. The third-order valence-corrected chi connectivity index (χ3v) is 4.65. The molecule has 0 saturated carbocycles. The van der Waals surface area contributed by atoms with Crippen molar-refractivity contribution in [1.82, 2.24) is 14.9 Å². The highest BCUT2D eigenvalue weighted by Crippen LogP contribution is 2.10. The molecule has 1 heterocycles. The second-order valence-corrected chi connectivity index (χ2v) is 6.64. The summed E-state index contributed by atoms with van der Waals surface area (Å²) >= 11 is 0. The first-order chi connectivity index (χ1) is 13.0. The van der Waals surface area contributed by atoms with Crippen LogP contribution in [0, 0.1) is 0 Å². The number of H-pyrrole nitrogens is 1. The van der Waals surface area contributed by atoms with Crippen LogP contribution in [0.15, 0.2) is 58.1 Å². The van der Waals surface area contributed by atoms with Gasteiger partial charge in [0.05, 0.1) is 10.9 Å². The zero-order valence-electron chi connectivity index (χ0n) is 15.5. The van der Waals surface area contributed by atoms with E-state index in [4.69, 9.17) is 0 Å². The maximum atomic E-state index is 12.5. The summed E-state index contributed by atoms with van der Waals surface area (Å²) < 4.78 is 1.13. The molecule has 0 radical (unpaired) electrons. The van der Waals surface area contributed by atoms with E-state index in [-0.39, 0.29) is 17.5 Å². The minimum atomic E-state index is -0.469. The lowest BCUT2D eigenvalue weighted by Crippen LogP contribution is -2.35. The molecule has 0 saturated heterocycles. The second kappa shape index (κ2) is 8.03. The van der Waals surface area contributed by atoms with Gasteiger partial charge in [0, 0.05) is 18.2 Å². The Kier molecular flexibility index (Phi) is 5.54. The van der Waals surface area contributed by atoms with Crippen molar-refractivity contribution in [3.05, 3.63) is 80.5 Å². The van der Waals surface area contributed by atoms with Crippen LogP contribution in [0.4, 0.5) is 0 Å². The topological polar surface area (TPSA) is 84.0 Å². The quantitative estimate of drug-likeness (QED) is 0.704. The van der Waals surface area contributed by atoms with E-state index in [1.54, 1.807) is 25.1 Å². The molecule has 1 aromatic heterocycles. The number of aryl methyl sites for hydroxylation is 1. The number of benzene rings is 2. The van der Waals surface area contributed by atoms with Gasteiger partial charge in [-0.2, -0.15) is 0 Å². The average molecular weight is 365 g/mol. The lowest BCUT2D eigenvalue weighted by Gasteiger charge is -2.14. The first-order valence-electron chi connectivity index (χ1n) is 9.11. The molecule has 0 aliphatic rings. The standard InChI is InChI=1S/C21H23N3O3/c1-3-24-20(26)17-12-11-16(13-18(17)23-21(24)27)19(25)22-14(2)9-10-15-7-5-4-6-8-15/h4-8,11-14H,3,9-10H2,1-2H3,(H,22,25)(H,23,27). The van der Waals surface area contributed by atoms with Crippen LogP contribution in [0.5, 0.6) is 0 Å². The van der Waals surface area contributed by atoms with E-state index in [9.17, 15) is 14.4 Å². The Balaban J connectivity index is 1.73. The highest BCUT2D eigenvalue weighted by molar-refractivity contribution is 5.97. The summed E-state index contributed by atoms with van der Waals surface area (Å²) in [5.74, 6) is -0.224. The number of carbonyl (C=O) groups is 1.